The average Bonchev–Trinajstić information content (AvgIpc) is 2.41. The molecule has 0 spiro atoms. The van der Waals surface area contributed by atoms with Crippen molar-refractivity contribution in [1.29, 1.82) is 0 Å². The van der Waals surface area contributed by atoms with Crippen molar-refractivity contribution in [3.8, 4) is 0 Å². The van der Waals surface area contributed by atoms with E-state index < -0.39 is 17.8 Å². The van der Waals surface area contributed by atoms with E-state index in [1.54, 1.807) is 30.3 Å². The van der Waals surface area contributed by atoms with Crippen LogP contribution < -0.4 is 10.6 Å². The zero-order valence-corrected chi connectivity index (χ0v) is 11.3. The first kappa shape index (κ1) is 15.2. The largest absolute Gasteiger partial charge is 0.416 e. The maximum absolute atomic E-state index is 12.5. The number of nitrogens with one attached hydrogen (secondary N) is 2. The van der Waals surface area contributed by atoms with Crippen molar-refractivity contribution < 1.29 is 18.0 Å². The number of rotatable bonds is 2. The van der Waals surface area contributed by atoms with E-state index in [9.17, 15) is 18.0 Å². The van der Waals surface area contributed by atoms with E-state index in [1.165, 1.54) is 0 Å². The summed E-state index contributed by atoms with van der Waals surface area (Å²) in [6.07, 6.45) is -4.48. The number of hydrogen-bond donors (Lipinski definition) is 2. The lowest BCUT2D eigenvalue weighted by atomic mass is 10.2. The van der Waals surface area contributed by atoms with Gasteiger partial charge in [-0.25, -0.2) is 4.79 Å². The van der Waals surface area contributed by atoms with Gasteiger partial charge in [-0.05, 0) is 30.3 Å². The minimum atomic E-state index is -4.48. The van der Waals surface area contributed by atoms with Crippen molar-refractivity contribution in [3.05, 3.63) is 59.1 Å². The first-order chi connectivity index (χ1) is 9.86. The fourth-order valence-corrected chi connectivity index (χ4v) is 1.83. The van der Waals surface area contributed by atoms with E-state index in [4.69, 9.17) is 11.6 Å². The van der Waals surface area contributed by atoms with Crippen LogP contribution in [0.2, 0.25) is 5.02 Å². The predicted molar refractivity (Wildman–Crippen MR) is 75.5 cm³/mol. The van der Waals surface area contributed by atoms with Crippen molar-refractivity contribution in [3.63, 3.8) is 0 Å². The van der Waals surface area contributed by atoms with Gasteiger partial charge in [0.25, 0.3) is 0 Å². The van der Waals surface area contributed by atoms with Crippen molar-refractivity contribution in [2.24, 2.45) is 0 Å². The Labute approximate surface area is 123 Å². The van der Waals surface area contributed by atoms with Gasteiger partial charge in [-0.2, -0.15) is 13.2 Å². The van der Waals surface area contributed by atoms with Gasteiger partial charge in [0.15, 0.2) is 0 Å². The fraction of sp³-hybridized carbons (Fsp3) is 0.0714. The summed E-state index contributed by atoms with van der Waals surface area (Å²) in [5, 5.41) is 4.73. The second-order valence-corrected chi connectivity index (χ2v) is 4.54. The average molecular weight is 315 g/mol. The molecular formula is C14H10ClF3N2O. The number of halogens is 4. The van der Waals surface area contributed by atoms with Gasteiger partial charge < -0.3 is 10.6 Å². The van der Waals surface area contributed by atoms with Gasteiger partial charge in [0.2, 0.25) is 0 Å². The molecule has 2 rings (SSSR count). The lowest BCUT2D eigenvalue weighted by Gasteiger charge is -2.11. The van der Waals surface area contributed by atoms with Crippen LogP contribution in [0.15, 0.2) is 48.5 Å². The van der Waals surface area contributed by atoms with E-state index in [-0.39, 0.29) is 10.7 Å². The number of urea groups is 1. The van der Waals surface area contributed by atoms with Crippen LogP contribution in [0.3, 0.4) is 0 Å². The summed E-state index contributed by atoms with van der Waals surface area (Å²) < 4.78 is 37.5. The molecular weight excluding hydrogens is 305 g/mol. The fourth-order valence-electron chi connectivity index (χ4n) is 1.60. The predicted octanol–water partition coefficient (Wildman–Crippen LogP) is 5.00. The van der Waals surface area contributed by atoms with Crippen molar-refractivity contribution in [2.75, 3.05) is 10.6 Å². The molecule has 0 aliphatic carbocycles. The Balaban J connectivity index is 2.08. The van der Waals surface area contributed by atoms with E-state index in [0.717, 1.165) is 18.2 Å². The van der Waals surface area contributed by atoms with Gasteiger partial charge >= 0.3 is 12.2 Å². The Morgan fingerprint density at radius 3 is 2.24 bits per heavy atom. The van der Waals surface area contributed by atoms with Crippen LogP contribution in [-0.2, 0) is 6.18 Å². The van der Waals surface area contributed by atoms with Crippen LogP contribution >= 0.6 is 11.6 Å². The molecule has 0 heterocycles. The monoisotopic (exact) mass is 314 g/mol. The van der Waals surface area contributed by atoms with Crippen LogP contribution in [0.25, 0.3) is 0 Å². The highest BCUT2D eigenvalue weighted by Gasteiger charge is 2.30. The maximum Gasteiger partial charge on any atom is 0.416 e. The molecule has 110 valence electrons. The molecule has 2 aromatic carbocycles. The molecule has 0 atom stereocenters. The van der Waals surface area contributed by atoms with Crippen molar-refractivity contribution in [2.45, 2.75) is 6.18 Å². The van der Waals surface area contributed by atoms with Crippen LogP contribution in [0.5, 0.6) is 0 Å². The van der Waals surface area contributed by atoms with Crippen molar-refractivity contribution >= 4 is 29.0 Å². The first-order valence-corrected chi connectivity index (χ1v) is 6.24. The van der Waals surface area contributed by atoms with Crippen LogP contribution in [0.4, 0.5) is 29.3 Å². The smallest absolute Gasteiger partial charge is 0.308 e. The lowest BCUT2D eigenvalue weighted by Crippen LogP contribution is -2.19. The summed E-state index contributed by atoms with van der Waals surface area (Å²) in [5.41, 5.74) is -0.224. The topological polar surface area (TPSA) is 41.1 Å². The molecule has 0 radical (unpaired) electrons. The van der Waals surface area contributed by atoms with Gasteiger partial charge in [-0.15, -0.1) is 0 Å². The summed E-state index contributed by atoms with van der Waals surface area (Å²) in [6, 6.07) is 10.7. The zero-order valence-electron chi connectivity index (χ0n) is 10.5. The molecule has 0 unspecified atom stereocenters. The summed E-state index contributed by atoms with van der Waals surface area (Å²) in [4.78, 5) is 11.7. The van der Waals surface area contributed by atoms with Crippen molar-refractivity contribution in [1.82, 2.24) is 0 Å². The maximum atomic E-state index is 12.5. The van der Waals surface area contributed by atoms with Gasteiger partial charge in [-0.1, -0.05) is 29.8 Å². The minimum absolute atomic E-state index is 0.0955. The molecule has 7 heteroatoms. The Kier molecular flexibility index (Phi) is 4.37. The van der Waals surface area contributed by atoms with Gasteiger partial charge in [-0.3, -0.25) is 0 Å². The van der Waals surface area contributed by atoms with Crippen LogP contribution in [0.1, 0.15) is 5.56 Å². The number of carbonyl (C=O) groups is 1. The number of hydrogen-bond acceptors (Lipinski definition) is 1. The molecule has 0 saturated carbocycles. The first-order valence-electron chi connectivity index (χ1n) is 5.86. The Morgan fingerprint density at radius 1 is 1.00 bits per heavy atom. The van der Waals surface area contributed by atoms with E-state index >= 15 is 0 Å². The summed E-state index contributed by atoms with van der Waals surface area (Å²) in [7, 11) is 0. The summed E-state index contributed by atoms with van der Waals surface area (Å²) >= 11 is 5.74. The Hall–Kier alpha value is -2.21. The van der Waals surface area contributed by atoms with Crippen LogP contribution in [0, 0.1) is 0 Å². The number of para-hydroxylation sites is 1. The summed E-state index contributed by atoms with van der Waals surface area (Å²) in [6.45, 7) is 0. The van der Waals surface area contributed by atoms with Crippen LogP contribution in [-0.4, -0.2) is 6.03 Å². The minimum Gasteiger partial charge on any atom is -0.308 e. The molecule has 0 fully saturated rings. The highest BCUT2D eigenvalue weighted by molar-refractivity contribution is 6.33. The molecule has 0 saturated heterocycles. The molecule has 3 nitrogen and oxygen atoms in total. The second-order valence-electron chi connectivity index (χ2n) is 4.14. The van der Waals surface area contributed by atoms with E-state index in [2.05, 4.69) is 10.6 Å². The van der Waals surface area contributed by atoms with Gasteiger partial charge in [0.05, 0.1) is 16.3 Å². The molecule has 0 aliphatic heterocycles. The summed E-state index contributed by atoms with van der Waals surface area (Å²) in [5.74, 6) is 0. The highest BCUT2D eigenvalue weighted by atomic mass is 35.5. The van der Waals surface area contributed by atoms with E-state index in [0.29, 0.717) is 5.69 Å². The van der Waals surface area contributed by atoms with Gasteiger partial charge in [0, 0.05) is 5.69 Å². The molecule has 0 aliphatic rings. The number of benzene rings is 2. The number of alkyl halides is 3. The third-order valence-electron chi connectivity index (χ3n) is 2.58. The molecule has 21 heavy (non-hydrogen) atoms. The number of amides is 2. The standard InChI is InChI=1S/C14H10ClF3N2O/c15-11-8-9(14(16,17)18)6-7-12(11)20-13(21)19-10-4-2-1-3-5-10/h1-8H,(H2,19,20,21). The highest BCUT2D eigenvalue weighted by Crippen LogP contribution is 2.33. The lowest BCUT2D eigenvalue weighted by molar-refractivity contribution is -0.137. The van der Waals surface area contributed by atoms with E-state index in [1.807, 2.05) is 0 Å². The SMILES string of the molecule is O=C(Nc1ccccc1)Nc1ccc(C(F)(F)F)cc1Cl. The number of carbonyl (C=O) groups excluding carboxylic acids is 1. The van der Waals surface area contributed by atoms with Gasteiger partial charge in [0.1, 0.15) is 0 Å². The third kappa shape index (κ3) is 4.13. The second kappa shape index (κ2) is 6.05. The zero-order chi connectivity index (χ0) is 15.5. The molecule has 2 amide bonds. The Morgan fingerprint density at radius 2 is 1.67 bits per heavy atom. The third-order valence-corrected chi connectivity index (χ3v) is 2.89. The Bertz CT molecular complexity index is 644. The molecule has 2 N–H and O–H groups in total. The quantitative estimate of drug-likeness (QED) is 0.804. The normalized spacial score (nSPS) is 11.0. The molecule has 0 bridgehead atoms. The number of anilines is 2. The molecule has 2 aromatic rings. The molecule has 0 aromatic heterocycles.